The second-order valence-electron chi connectivity index (χ2n) is 3.56. The molecule has 0 radical (unpaired) electrons. The summed E-state index contributed by atoms with van der Waals surface area (Å²) in [7, 11) is -4.73. The molecule has 108 valence electrons. The summed E-state index contributed by atoms with van der Waals surface area (Å²) in [6, 6.07) is 0. The van der Waals surface area contributed by atoms with E-state index in [1.54, 1.807) is 0 Å². The molecule has 0 aromatic rings. The van der Waals surface area contributed by atoms with Gasteiger partial charge in [0.15, 0.2) is 0 Å². The normalized spacial score (nSPS) is 11.6. The smallest absolute Gasteiger partial charge is 0.133 e. The van der Waals surface area contributed by atoms with Gasteiger partial charge in [0.1, 0.15) is 13.2 Å². The van der Waals surface area contributed by atoms with Gasteiger partial charge in [0.05, 0.1) is 0 Å². The third-order valence-corrected chi connectivity index (χ3v) is 2.71. The van der Waals surface area contributed by atoms with Crippen LogP contribution in [-0.4, -0.2) is 23.0 Å². The van der Waals surface area contributed by atoms with Gasteiger partial charge in [-0.1, -0.05) is 39.5 Å². The van der Waals surface area contributed by atoms with Crippen molar-refractivity contribution in [2.24, 2.45) is 0 Å². The maximum absolute atomic E-state index is 9.89. The van der Waals surface area contributed by atoms with E-state index in [1.807, 2.05) is 0 Å². The first-order valence-electron chi connectivity index (χ1n) is 6.12. The molecule has 2 N–H and O–H groups in total. The molecule has 0 bridgehead atoms. The van der Waals surface area contributed by atoms with Crippen molar-refractivity contribution in [3.8, 4) is 0 Å². The SMILES string of the molecule is CCCCCO[P+](=O)O.CCCCCO[P+](=O)O. The molecule has 0 rings (SSSR count). The van der Waals surface area contributed by atoms with Crippen LogP contribution in [0.4, 0.5) is 0 Å². The van der Waals surface area contributed by atoms with Gasteiger partial charge in [-0.25, -0.2) is 0 Å². The number of rotatable bonds is 10. The van der Waals surface area contributed by atoms with Gasteiger partial charge >= 0.3 is 16.5 Å². The first-order valence-corrected chi connectivity index (χ1v) is 8.38. The first-order chi connectivity index (χ1) is 8.54. The molecule has 6 nitrogen and oxygen atoms in total. The molecule has 0 spiro atoms. The molecule has 0 saturated carbocycles. The predicted octanol–water partition coefficient (Wildman–Crippen LogP) is 3.69. The minimum Gasteiger partial charge on any atom is -0.133 e. The molecule has 0 aromatic heterocycles. The second kappa shape index (κ2) is 17.0. The van der Waals surface area contributed by atoms with Crippen LogP contribution in [0.25, 0.3) is 0 Å². The van der Waals surface area contributed by atoms with E-state index < -0.39 is 16.5 Å². The Balaban J connectivity index is 0. The van der Waals surface area contributed by atoms with Gasteiger partial charge in [-0.3, -0.25) is 0 Å². The summed E-state index contributed by atoms with van der Waals surface area (Å²) >= 11 is 0. The molecule has 0 fully saturated rings. The van der Waals surface area contributed by atoms with Crippen LogP contribution in [0.15, 0.2) is 0 Å². The lowest BCUT2D eigenvalue weighted by Crippen LogP contribution is -1.84. The van der Waals surface area contributed by atoms with Crippen LogP contribution in [0.3, 0.4) is 0 Å². The molecule has 8 heteroatoms. The van der Waals surface area contributed by atoms with E-state index in [1.165, 1.54) is 0 Å². The highest BCUT2D eigenvalue weighted by atomic mass is 31.1. The van der Waals surface area contributed by atoms with Crippen LogP contribution in [0.1, 0.15) is 52.4 Å². The maximum atomic E-state index is 9.89. The summed E-state index contributed by atoms with van der Waals surface area (Å²) in [4.78, 5) is 16.3. The summed E-state index contributed by atoms with van der Waals surface area (Å²) < 4.78 is 28.6. The first kappa shape index (κ1) is 20.4. The predicted molar refractivity (Wildman–Crippen MR) is 70.6 cm³/mol. The van der Waals surface area contributed by atoms with E-state index in [4.69, 9.17) is 9.79 Å². The Morgan fingerprint density at radius 2 is 1.11 bits per heavy atom. The topological polar surface area (TPSA) is 93.1 Å². The summed E-state index contributed by atoms with van der Waals surface area (Å²) in [5.41, 5.74) is 0. The molecular formula is C10H24O6P2+2. The second-order valence-corrected chi connectivity index (χ2v) is 5.02. The van der Waals surface area contributed by atoms with Gasteiger partial charge in [-0.15, -0.1) is 18.8 Å². The highest BCUT2D eigenvalue weighted by Crippen LogP contribution is 2.15. The van der Waals surface area contributed by atoms with E-state index >= 15 is 0 Å². The number of hydrogen-bond donors (Lipinski definition) is 2. The third-order valence-electron chi connectivity index (χ3n) is 1.90. The van der Waals surface area contributed by atoms with Gasteiger partial charge in [-0.2, -0.15) is 0 Å². The van der Waals surface area contributed by atoms with Crippen molar-refractivity contribution in [2.75, 3.05) is 13.2 Å². The van der Waals surface area contributed by atoms with Crippen LogP contribution in [0.5, 0.6) is 0 Å². The summed E-state index contributed by atoms with van der Waals surface area (Å²) in [5.74, 6) is 0. The van der Waals surface area contributed by atoms with Crippen LogP contribution in [0, 0.1) is 0 Å². The quantitative estimate of drug-likeness (QED) is 0.472. The highest BCUT2D eigenvalue weighted by Gasteiger charge is 2.09. The Bertz CT molecular complexity index is 191. The zero-order valence-corrected chi connectivity index (χ0v) is 12.9. The molecule has 2 atom stereocenters. The van der Waals surface area contributed by atoms with Crippen molar-refractivity contribution in [1.82, 2.24) is 0 Å². The minimum atomic E-state index is -2.37. The molecule has 0 aliphatic rings. The Morgan fingerprint density at radius 1 is 0.778 bits per heavy atom. The Hall–Kier alpha value is 0.0400. The van der Waals surface area contributed by atoms with E-state index in [9.17, 15) is 9.13 Å². The largest absolute Gasteiger partial charge is 0.694 e. The highest BCUT2D eigenvalue weighted by molar-refractivity contribution is 7.32. The third kappa shape index (κ3) is 25.0. The summed E-state index contributed by atoms with van der Waals surface area (Å²) in [6.07, 6.45) is 6.07. The average Bonchev–Trinajstić information content (AvgIpc) is 2.31. The van der Waals surface area contributed by atoms with Crippen LogP contribution in [-0.2, 0) is 18.2 Å². The zero-order chi connectivity index (χ0) is 14.2. The minimum absolute atomic E-state index is 0.402. The van der Waals surface area contributed by atoms with Gasteiger partial charge in [0, 0.05) is 9.13 Å². The fourth-order valence-electron chi connectivity index (χ4n) is 0.989. The van der Waals surface area contributed by atoms with E-state index in [-0.39, 0.29) is 0 Å². The lowest BCUT2D eigenvalue weighted by Gasteiger charge is -1.87. The number of unbranched alkanes of at least 4 members (excludes halogenated alkanes) is 4. The standard InChI is InChI=1S/2C5H11O3P/c2*1-2-3-4-5-8-9(6)7/h2*2-5H2,1H3/p+2. The molecule has 0 amide bonds. The number of hydrogen-bond acceptors (Lipinski definition) is 4. The van der Waals surface area contributed by atoms with Crippen molar-refractivity contribution in [3.63, 3.8) is 0 Å². The van der Waals surface area contributed by atoms with E-state index in [2.05, 4.69) is 22.9 Å². The zero-order valence-electron chi connectivity index (χ0n) is 11.1. The van der Waals surface area contributed by atoms with Crippen molar-refractivity contribution in [2.45, 2.75) is 52.4 Å². The lowest BCUT2D eigenvalue weighted by molar-refractivity contribution is 0.273. The molecular weight excluding hydrogens is 278 g/mol. The molecule has 0 aromatic carbocycles. The fraction of sp³-hybridized carbons (Fsp3) is 1.00. The van der Waals surface area contributed by atoms with E-state index in [0.717, 1.165) is 38.5 Å². The Morgan fingerprint density at radius 3 is 1.33 bits per heavy atom. The van der Waals surface area contributed by atoms with Crippen molar-refractivity contribution < 1.29 is 28.0 Å². The Labute approximate surface area is 111 Å². The van der Waals surface area contributed by atoms with E-state index in [0.29, 0.717) is 13.2 Å². The van der Waals surface area contributed by atoms with Gasteiger partial charge in [0.2, 0.25) is 0 Å². The molecule has 2 unspecified atom stereocenters. The van der Waals surface area contributed by atoms with Gasteiger partial charge < -0.3 is 0 Å². The molecule has 18 heavy (non-hydrogen) atoms. The fourth-order valence-corrected chi connectivity index (χ4v) is 1.56. The molecule has 0 aliphatic heterocycles. The average molecular weight is 302 g/mol. The summed E-state index contributed by atoms with van der Waals surface area (Å²) in [6.45, 7) is 4.94. The maximum Gasteiger partial charge on any atom is 0.694 e. The lowest BCUT2D eigenvalue weighted by atomic mass is 10.3. The monoisotopic (exact) mass is 302 g/mol. The van der Waals surface area contributed by atoms with Crippen LogP contribution >= 0.6 is 16.5 Å². The van der Waals surface area contributed by atoms with Crippen molar-refractivity contribution in [1.29, 1.82) is 0 Å². The van der Waals surface area contributed by atoms with Gasteiger partial charge in [0.25, 0.3) is 0 Å². The Kier molecular flexibility index (Phi) is 19.3. The van der Waals surface area contributed by atoms with Crippen molar-refractivity contribution in [3.05, 3.63) is 0 Å². The summed E-state index contributed by atoms with van der Waals surface area (Å²) in [5, 5.41) is 0. The van der Waals surface area contributed by atoms with Gasteiger partial charge in [-0.05, 0) is 12.8 Å². The molecule has 0 heterocycles. The molecule has 0 aliphatic carbocycles. The van der Waals surface area contributed by atoms with Crippen LogP contribution < -0.4 is 0 Å². The molecule has 0 saturated heterocycles. The van der Waals surface area contributed by atoms with Crippen molar-refractivity contribution >= 4 is 16.5 Å². The van der Waals surface area contributed by atoms with Crippen LogP contribution in [0.2, 0.25) is 0 Å².